The molecule has 0 saturated heterocycles. The summed E-state index contributed by atoms with van der Waals surface area (Å²) in [7, 11) is 1.71. The van der Waals surface area contributed by atoms with E-state index in [2.05, 4.69) is 39.1 Å². The molecule has 1 saturated carbocycles. The molecule has 0 amide bonds. The number of rotatable bonds is 7. The highest BCUT2D eigenvalue weighted by molar-refractivity contribution is 5.44. The van der Waals surface area contributed by atoms with Crippen LogP contribution < -0.4 is 14.8 Å². The van der Waals surface area contributed by atoms with Crippen molar-refractivity contribution in [3.63, 3.8) is 0 Å². The van der Waals surface area contributed by atoms with Gasteiger partial charge in [0.1, 0.15) is 17.6 Å². The summed E-state index contributed by atoms with van der Waals surface area (Å²) in [6.45, 7) is 9.73. The van der Waals surface area contributed by atoms with Crippen LogP contribution in [0.2, 0.25) is 0 Å². The zero-order valence-corrected chi connectivity index (χ0v) is 14.0. The third-order valence-electron chi connectivity index (χ3n) is 3.96. The Morgan fingerprint density at radius 3 is 2.52 bits per heavy atom. The predicted octanol–water partition coefficient (Wildman–Crippen LogP) is 3.90. The molecule has 1 N–H and O–H groups in total. The predicted molar refractivity (Wildman–Crippen MR) is 87.4 cm³/mol. The molecule has 0 bridgehead atoms. The SMILES string of the molecule is CCC(CNC1CC1)Oc1ccc(OC)cc1C(C)(C)C. The summed E-state index contributed by atoms with van der Waals surface area (Å²) in [4.78, 5) is 0. The first-order chi connectivity index (χ1) is 9.94. The smallest absolute Gasteiger partial charge is 0.123 e. The van der Waals surface area contributed by atoms with Crippen molar-refractivity contribution in [3.8, 4) is 11.5 Å². The first kappa shape index (κ1) is 16.2. The lowest BCUT2D eigenvalue weighted by molar-refractivity contribution is 0.188. The molecule has 3 nitrogen and oxygen atoms in total. The maximum absolute atomic E-state index is 6.28. The Bertz CT molecular complexity index is 461. The number of ether oxygens (including phenoxy) is 2. The van der Waals surface area contributed by atoms with Crippen molar-refractivity contribution in [2.45, 2.75) is 64.5 Å². The van der Waals surface area contributed by atoms with Crippen LogP contribution in [0.15, 0.2) is 18.2 Å². The van der Waals surface area contributed by atoms with Gasteiger partial charge in [0.05, 0.1) is 7.11 Å². The van der Waals surface area contributed by atoms with Crippen LogP contribution in [-0.4, -0.2) is 25.8 Å². The van der Waals surface area contributed by atoms with Crippen LogP contribution in [0.4, 0.5) is 0 Å². The summed E-state index contributed by atoms with van der Waals surface area (Å²) in [5.41, 5.74) is 1.23. The molecule has 118 valence electrons. The Morgan fingerprint density at radius 1 is 1.29 bits per heavy atom. The van der Waals surface area contributed by atoms with Crippen LogP contribution in [0, 0.1) is 0 Å². The molecule has 0 aliphatic heterocycles. The minimum atomic E-state index is 0.0338. The Kier molecular flexibility index (Phi) is 5.15. The van der Waals surface area contributed by atoms with Gasteiger partial charge in [0.2, 0.25) is 0 Å². The van der Waals surface area contributed by atoms with E-state index in [0.717, 1.165) is 30.5 Å². The average Bonchev–Trinajstić information content (AvgIpc) is 3.26. The highest BCUT2D eigenvalue weighted by Crippen LogP contribution is 2.35. The lowest BCUT2D eigenvalue weighted by Crippen LogP contribution is -2.32. The normalized spacial score (nSPS) is 16.6. The third-order valence-corrected chi connectivity index (χ3v) is 3.96. The first-order valence-corrected chi connectivity index (χ1v) is 8.02. The second kappa shape index (κ2) is 6.69. The van der Waals surface area contributed by atoms with Crippen molar-refractivity contribution in [2.24, 2.45) is 0 Å². The molecule has 0 spiro atoms. The minimum absolute atomic E-state index is 0.0338. The van der Waals surface area contributed by atoms with Gasteiger partial charge in [-0.15, -0.1) is 0 Å². The topological polar surface area (TPSA) is 30.5 Å². The number of hydrogen-bond donors (Lipinski definition) is 1. The molecule has 3 heteroatoms. The van der Waals surface area contributed by atoms with Crippen LogP contribution in [0.1, 0.15) is 52.5 Å². The third kappa shape index (κ3) is 4.63. The zero-order valence-electron chi connectivity index (χ0n) is 14.0. The van der Waals surface area contributed by atoms with Crippen LogP contribution in [-0.2, 0) is 5.41 Å². The van der Waals surface area contributed by atoms with E-state index in [9.17, 15) is 0 Å². The van der Waals surface area contributed by atoms with Gasteiger partial charge in [-0.3, -0.25) is 0 Å². The molecule has 1 aliphatic carbocycles. The van der Waals surface area contributed by atoms with Gasteiger partial charge in [-0.25, -0.2) is 0 Å². The van der Waals surface area contributed by atoms with Crippen LogP contribution in [0.3, 0.4) is 0 Å². The molecule has 1 aromatic carbocycles. The monoisotopic (exact) mass is 291 g/mol. The van der Waals surface area contributed by atoms with Gasteiger partial charge >= 0.3 is 0 Å². The van der Waals surface area contributed by atoms with E-state index in [1.165, 1.54) is 18.4 Å². The van der Waals surface area contributed by atoms with Gasteiger partial charge in [-0.05, 0) is 42.9 Å². The maximum Gasteiger partial charge on any atom is 0.123 e. The van der Waals surface area contributed by atoms with Crippen LogP contribution >= 0.6 is 0 Å². The lowest BCUT2D eigenvalue weighted by Gasteiger charge is -2.26. The fourth-order valence-electron chi connectivity index (χ4n) is 2.36. The van der Waals surface area contributed by atoms with Gasteiger partial charge in [0.15, 0.2) is 0 Å². The molecular weight excluding hydrogens is 262 g/mol. The van der Waals surface area contributed by atoms with Crippen molar-refractivity contribution in [1.29, 1.82) is 0 Å². The van der Waals surface area contributed by atoms with E-state index in [4.69, 9.17) is 9.47 Å². The van der Waals surface area contributed by atoms with Crippen molar-refractivity contribution in [3.05, 3.63) is 23.8 Å². The van der Waals surface area contributed by atoms with Gasteiger partial charge in [-0.1, -0.05) is 27.7 Å². The van der Waals surface area contributed by atoms with Crippen molar-refractivity contribution < 1.29 is 9.47 Å². The fourth-order valence-corrected chi connectivity index (χ4v) is 2.36. The molecule has 0 radical (unpaired) electrons. The van der Waals surface area contributed by atoms with Crippen LogP contribution in [0.25, 0.3) is 0 Å². The first-order valence-electron chi connectivity index (χ1n) is 8.02. The number of benzene rings is 1. The van der Waals surface area contributed by atoms with Gasteiger partial charge in [0, 0.05) is 18.2 Å². The standard InChI is InChI=1S/C18H29NO2/c1-6-14(12-19-13-7-8-13)21-17-10-9-15(20-5)11-16(17)18(2,3)4/h9-11,13-14,19H,6-8,12H2,1-5H3. The molecule has 0 heterocycles. The van der Waals surface area contributed by atoms with Crippen LogP contribution in [0.5, 0.6) is 11.5 Å². The van der Waals surface area contributed by atoms with E-state index in [1.807, 2.05) is 12.1 Å². The molecule has 1 atom stereocenters. The number of methoxy groups -OCH3 is 1. The summed E-state index contributed by atoms with van der Waals surface area (Å²) >= 11 is 0. The summed E-state index contributed by atoms with van der Waals surface area (Å²) in [5.74, 6) is 1.86. The van der Waals surface area contributed by atoms with E-state index in [-0.39, 0.29) is 11.5 Å². The minimum Gasteiger partial charge on any atom is -0.497 e. The zero-order chi connectivity index (χ0) is 15.5. The Balaban J connectivity index is 2.12. The Labute approximate surface area is 129 Å². The molecule has 21 heavy (non-hydrogen) atoms. The van der Waals surface area contributed by atoms with E-state index < -0.39 is 0 Å². The van der Waals surface area contributed by atoms with Gasteiger partial charge < -0.3 is 14.8 Å². The fraction of sp³-hybridized carbons (Fsp3) is 0.667. The van der Waals surface area contributed by atoms with E-state index in [0.29, 0.717) is 0 Å². The molecule has 1 aromatic rings. The van der Waals surface area contributed by atoms with E-state index in [1.54, 1.807) is 7.11 Å². The van der Waals surface area contributed by atoms with Crippen molar-refractivity contribution in [1.82, 2.24) is 5.32 Å². The van der Waals surface area contributed by atoms with Crippen molar-refractivity contribution in [2.75, 3.05) is 13.7 Å². The molecule has 1 unspecified atom stereocenters. The van der Waals surface area contributed by atoms with Gasteiger partial charge in [-0.2, -0.15) is 0 Å². The molecule has 0 aromatic heterocycles. The largest absolute Gasteiger partial charge is 0.497 e. The highest BCUT2D eigenvalue weighted by Gasteiger charge is 2.24. The molecule has 1 fully saturated rings. The molecule has 1 aliphatic rings. The highest BCUT2D eigenvalue weighted by atomic mass is 16.5. The summed E-state index contributed by atoms with van der Waals surface area (Å²) < 4.78 is 11.6. The number of nitrogens with one attached hydrogen (secondary N) is 1. The van der Waals surface area contributed by atoms with E-state index >= 15 is 0 Å². The van der Waals surface area contributed by atoms with Crippen molar-refractivity contribution >= 4 is 0 Å². The Hall–Kier alpha value is -1.22. The average molecular weight is 291 g/mol. The second-order valence-corrected chi connectivity index (χ2v) is 6.94. The molecular formula is C18H29NO2. The Morgan fingerprint density at radius 2 is 2.00 bits per heavy atom. The summed E-state index contributed by atoms with van der Waals surface area (Å²) in [6.07, 6.45) is 3.86. The summed E-state index contributed by atoms with van der Waals surface area (Å²) in [5, 5.41) is 3.56. The molecule has 2 rings (SSSR count). The summed E-state index contributed by atoms with van der Waals surface area (Å²) in [6, 6.07) is 6.84. The second-order valence-electron chi connectivity index (χ2n) is 6.94. The van der Waals surface area contributed by atoms with Gasteiger partial charge in [0.25, 0.3) is 0 Å². The lowest BCUT2D eigenvalue weighted by atomic mass is 9.86. The quantitative estimate of drug-likeness (QED) is 0.826. The maximum atomic E-state index is 6.28. The number of hydrogen-bond acceptors (Lipinski definition) is 3.